The number of allylic oxidation sites excluding steroid dienone is 2. The summed E-state index contributed by atoms with van der Waals surface area (Å²) in [6.45, 7) is 3.43. The first kappa shape index (κ1) is 12.3. The minimum atomic E-state index is -1.33. The highest BCUT2D eigenvalue weighted by molar-refractivity contribution is 6.02. The van der Waals surface area contributed by atoms with Crippen molar-refractivity contribution in [2.45, 2.75) is 19.4 Å². The van der Waals surface area contributed by atoms with E-state index >= 15 is 0 Å². The Morgan fingerprint density at radius 2 is 1.61 bits per heavy atom. The molecule has 0 heterocycles. The summed E-state index contributed by atoms with van der Waals surface area (Å²) < 4.78 is 0. The molecule has 0 amide bonds. The van der Waals surface area contributed by atoms with Crippen LogP contribution >= 0.6 is 0 Å². The predicted molar refractivity (Wildman–Crippen MR) is 70.8 cm³/mol. The molecule has 0 spiro atoms. The highest BCUT2D eigenvalue weighted by atomic mass is 16.3. The first-order valence-corrected chi connectivity index (χ1v) is 5.74. The van der Waals surface area contributed by atoms with Crippen LogP contribution in [0.3, 0.4) is 0 Å². The fourth-order valence-electron chi connectivity index (χ4n) is 1.87. The van der Waals surface area contributed by atoms with Gasteiger partial charge >= 0.3 is 0 Å². The summed E-state index contributed by atoms with van der Waals surface area (Å²) in [4.78, 5) is 11.3. The van der Waals surface area contributed by atoms with Gasteiger partial charge in [0, 0.05) is 5.56 Å². The van der Waals surface area contributed by atoms with Crippen LogP contribution in [0.1, 0.15) is 19.4 Å². The Morgan fingerprint density at radius 3 is 2.17 bits per heavy atom. The Balaban J connectivity index is 2.39. The second kappa shape index (κ2) is 4.64. The largest absolute Gasteiger partial charge is 0.370 e. The van der Waals surface area contributed by atoms with Gasteiger partial charge in [-0.25, -0.2) is 0 Å². The third-order valence-corrected chi connectivity index (χ3v) is 3.02. The number of ketones is 1. The molecule has 0 atom stereocenters. The molecule has 90 valence electrons. The molecule has 18 heavy (non-hydrogen) atoms. The molecule has 1 aromatic carbocycles. The predicted octanol–water partition coefficient (Wildman–Crippen LogP) is 2.24. The van der Waals surface area contributed by atoms with Gasteiger partial charge in [0.1, 0.15) is 0 Å². The molecule has 2 rings (SSSR count). The molecule has 0 aromatic heterocycles. The van der Waals surface area contributed by atoms with Gasteiger partial charge in [0.25, 0.3) is 0 Å². The lowest BCUT2D eigenvalue weighted by molar-refractivity contribution is -0.110. The van der Waals surface area contributed by atoms with Crippen LogP contribution in [0.25, 0.3) is 0 Å². The highest BCUT2D eigenvalue weighted by Crippen LogP contribution is 2.28. The summed E-state index contributed by atoms with van der Waals surface area (Å²) >= 11 is 0. The minimum absolute atomic E-state index is 0.101. The molecule has 1 N–H and O–H groups in total. The lowest BCUT2D eigenvalue weighted by Gasteiger charge is -2.26. The fraction of sp³-hybridized carbons (Fsp3) is 0.188. The normalized spacial score (nSPS) is 17.4. The van der Waals surface area contributed by atoms with E-state index in [0.717, 1.165) is 5.56 Å². The third kappa shape index (κ3) is 2.27. The van der Waals surface area contributed by atoms with Crippen LogP contribution < -0.4 is 0 Å². The third-order valence-electron chi connectivity index (χ3n) is 3.02. The maximum absolute atomic E-state index is 11.3. The Labute approximate surface area is 107 Å². The van der Waals surface area contributed by atoms with Crippen molar-refractivity contribution in [3.05, 3.63) is 59.2 Å². The van der Waals surface area contributed by atoms with Crippen LogP contribution in [0.5, 0.6) is 0 Å². The Hall–Kier alpha value is -2.11. The molecule has 0 bridgehead atoms. The van der Waals surface area contributed by atoms with Crippen molar-refractivity contribution in [2.24, 2.45) is 0 Å². The monoisotopic (exact) mass is 238 g/mol. The van der Waals surface area contributed by atoms with E-state index in [1.807, 2.05) is 30.3 Å². The van der Waals surface area contributed by atoms with E-state index in [1.54, 1.807) is 13.8 Å². The molecule has 1 aromatic rings. The first-order valence-electron chi connectivity index (χ1n) is 5.74. The molecule has 2 nitrogen and oxygen atoms in total. The van der Waals surface area contributed by atoms with Gasteiger partial charge in [-0.3, -0.25) is 4.79 Å². The number of benzene rings is 1. The summed E-state index contributed by atoms with van der Waals surface area (Å²) in [5.41, 5.74) is 0.638. The molecule has 0 aliphatic heterocycles. The Morgan fingerprint density at radius 1 is 1.06 bits per heavy atom. The Kier molecular flexibility index (Phi) is 3.18. The standard InChI is InChI=1S/C16H14O2/c1-12-10-15(17)11-13(2)16(12,18)9-8-14-6-4-3-5-7-14/h3-7,10-11,18H,1-2H3. The Bertz CT molecular complexity index is 573. The van der Waals surface area contributed by atoms with Crippen molar-refractivity contribution >= 4 is 5.78 Å². The zero-order valence-electron chi connectivity index (χ0n) is 10.4. The van der Waals surface area contributed by atoms with Crippen LogP contribution in [0.15, 0.2) is 53.6 Å². The number of hydrogen-bond acceptors (Lipinski definition) is 2. The molecule has 1 aliphatic rings. The molecule has 0 fully saturated rings. The smallest absolute Gasteiger partial charge is 0.178 e. The first-order chi connectivity index (χ1) is 8.52. The van der Waals surface area contributed by atoms with E-state index in [9.17, 15) is 9.90 Å². The van der Waals surface area contributed by atoms with E-state index in [2.05, 4.69) is 11.8 Å². The minimum Gasteiger partial charge on any atom is -0.370 e. The lowest BCUT2D eigenvalue weighted by atomic mass is 9.83. The maximum Gasteiger partial charge on any atom is 0.178 e. The molecule has 0 saturated heterocycles. The van der Waals surface area contributed by atoms with E-state index < -0.39 is 5.60 Å². The van der Waals surface area contributed by atoms with Gasteiger partial charge in [-0.1, -0.05) is 30.0 Å². The van der Waals surface area contributed by atoms with Crippen molar-refractivity contribution in [1.29, 1.82) is 0 Å². The number of hydrogen-bond donors (Lipinski definition) is 1. The van der Waals surface area contributed by atoms with Gasteiger partial charge in [-0.05, 0) is 49.3 Å². The average molecular weight is 238 g/mol. The second-order valence-corrected chi connectivity index (χ2v) is 4.38. The van der Waals surface area contributed by atoms with Crippen molar-refractivity contribution in [3.8, 4) is 11.8 Å². The molecule has 0 saturated carbocycles. The van der Waals surface area contributed by atoms with Gasteiger partial charge < -0.3 is 5.11 Å². The average Bonchev–Trinajstić information content (AvgIpc) is 2.35. The van der Waals surface area contributed by atoms with Crippen LogP contribution in [0.4, 0.5) is 0 Å². The summed E-state index contributed by atoms with van der Waals surface area (Å²) in [6.07, 6.45) is 2.85. The topological polar surface area (TPSA) is 37.3 Å². The maximum atomic E-state index is 11.3. The molecular weight excluding hydrogens is 224 g/mol. The lowest BCUT2D eigenvalue weighted by Crippen LogP contribution is -2.33. The molecule has 2 heteroatoms. The number of carbonyl (C=O) groups is 1. The fourth-order valence-corrected chi connectivity index (χ4v) is 1.87. The molecule has 1 aliphatic carbocycles. The van der Waals surface area contributed by atoms with Crippen LogP contribution in [0, 0.1) is 11.8 Å². The zero-order chi connectivity index (χ0) is 13.2. The van der Waals surface area contributed by atoms with Crippen molar-refractivity contribution in [2.75, 3.05) is 0 Å². The van der Waals surface area contributed by atoms with E-state index in [-0.39, 0.29) is 5.78 Å². The van der Waals surface area contributed by atoms with Gasteiger partial charge in [-0.15, -0.1) is 0 Å². The summed E-state index contributed by atoms with van der Waals surface area (Å²) in [6, 6.07) is 9.45. The second-order valence-electron chi connectivity index (χ2n) is 4.38. The SMILES string of the molecule is CC1=CC(=O)C=C(C)C1(O)C#Cc1ccccc1. The summed E-state index contributed by atoms with van der Waals surface area (Å²) in [5, 5.41) is 10.5. The van der Waals surface area contributed by atoms with Crippen molar-refractivity contribution in [1.82, 2.24) is 0 Å². The quantitative estimate of drug-likeness (QED) is 0.704. The van der Waals surface area contributed by atoms with Crippen LogP contribution in [-0.2, 0) is 4.79 Å². The zero-order valence-corrected chi connectivity index (χ0v) is 10.4. The summed E-state index contributed by atoms with van der Waals surface area (Å²) in [5.74, 6) is 5.69. The highest BCUT2D eigenvalue weighted by Gasteiger charge is 2.32. The molecular formula is C16H14O2. The van der Waals surface area contributed by atoms with Gasteiger partial charge in [-0.2, -0.15) is 0 Å². The number of aliphatic hydroxyl groups is 1. The van der Waals surface area contributed by atoms with Crippen LogP contribution in [0.2, 0.25) is 0 Å². The van der Waals surface area contributed by atoms with Crippen molar-refractivity contribution < 1.29 is 9.90 Å². The molecule has 0 radical (unpaired) electrons. The van der Waals surface area contributed by atoms with Crippen molar-refractivity contribution in [3.63, 3.8) is 0 Å². The van der Waals surface area contributed by atoms with Crippen LogP contribution in [-0.4, -0.2) is 16.5 Å². The molecule has 0 unspecified atom stereocenters. The van der Waals surface area contributed by atoms with Gasteiger partial charge in [0.15, 0.2) is 11.4 Å². The number of rotatable bonds is 0. The van der Waals surface area contributed by atoms with E-state index in [1.165, 1.54) is 12.2 Å². The van der Waals surface area contributed by atoms with E-state index in [4.69, 9.17) is 0 Å². The van der Waals surface area contributed by atoms with Gasteiger partial charge in [0.2, 0.25) is 0 Å². The van der Waals surface area contributed by atoms with Gasteiger partial charge in [0.05, 0.1) is 0 Å². The summed E-state index contributed by atoms with van der Waals surface area (Å²) in [7, 11) is 0. The van der Waals surface area contributed by atoms with E-state index in [0.29, 0.717) is 11.1 Å². The number of carbonyl (C=O) groups excluding carboxylic acids is 1.